The van der Waals surface area contributed by atoms with Gasteiger partial charge in [0.1, 0.15) is 5.82 Å². The van der Waals surface area contributed by atoms with Gasteiger partial charge in [0, 0.05) is 19.6 Å². The minimum absolute atomic E-state index is 0.0852. The van der Waals surface area contributed by atoms with Gasteiger partial charge >= 0.3 is 0 Å². The van der Waals surface area contributed by atoms with Gasteiger partial charge in [0.05, 0.1) is 17.8 Å². The van der Waals surface area contributed by atoms with E-state index in [0.29, 0.717) is 0 Å². The predicted molar refractivity (Wildman–Crippen MR) is 79.9 cm³/mol. The Morgan fingerprint density at radius 2 is 2.15 bits per heavy atom. The van der Waals surface area contributed by atoms with Crippen LogP contribution in [0.15, 0.2) is 18.3 Å². The molecule has 0 radical (unpaired) electrons. The van der Waals surface area contributed by atoms with Crippen LogP contribution in [-0.2, 0) is 4.79 Å². The van der Waals surface area contributed by atoms with E-state index in [4.69, 9.17) is 0 Å². The summed E-state index contributed by atoms with van der Waals surface area (Å²) < 4.78 is 0. The summed E-state index contributed by atoms with van der Waals surface area (Å²) >= 11 is 0. The Morgan fingerprint density at radius 1 is 1.30 bits per heavy atom. The minimum Gasteiger partial charge on any atom is -0.357 e. The standard InChI is InChI=1S/C15H22N4O/c20-15(12-4-3-7-16-10-12)18-13-5-6-14(17-11-13)19-8-1-2-9-19/h5-6,11-12,16H,1-4,7-10H2,(H,18,20)/t12-/m0/s1. The highest BCUT2D eigenvalue weighted by Gasteiger charge is 2.21. The fourth-order valence-electron chi connectivity index (χ4n) is 2.91. The summed E-state index contributed by atoms with van der Waals surface area (Å²) in [6.07, 6.45) is 6.30. The number of carbonyl (C=O) groups excluding carboxylic acids is 1. The highest BCUT2D eigenvalue weighted by atomic mass is 16.1. The number of nitrogens with one attached hydrogen (secondary N) is 2. The van der Waals surface area contributed by atoms with E-state index < -0.39 is 0 Å². The lowest BCUT2D eigenvalue weighted by molar-refractivity contribution is -0.120. The fraction of sp³-hybridized carbons (Fsp3) is 0.600. The molecule has 2 aliphatic heterocycles. The van der Waals surface area contributed by atoms with Crippen molar-refractivity contribution < 1.29 is 4.79 Å². The van der Waals surface area contributed by atoms with Crippen molar-refractivity contribution in [2.24, 2.45) is 5.92 Å². The molecule has 1 atom stereocenters. The van der Waals surface area contributed by atoms with E-state index in [2.05, 4.69) is 20.5 Å². The van der Waals surface area contributed by atoms with E-state index >= 15 is 0 Å². The molecule has 1 aromatic heterocycles. The van der Waals surface area contributed by atoms with Crippen molar-refractivity contribution in [1.29, 1.82) is 0 Å². The average molecular weight is 274 g/mol. The molecule has 2 fully saturated rings. The van der Waals surface area contributed by atoms with Crippen molar-refractivity contribution in [3.05, 3.63) is 18.3 Å². The Hall–Kier alpha value is -1.62. The Bertz CT molecular complexity index is 447. The monoisotopic (exact) mass is 274 g/mol. The smallest absolute Gasteiger partial charge is 0.228 e. The van der Waals surface area contributed by atoms with Crippen LogP contribution in [0.4, 0.5) is 11.5 Å². The lowest BCUT2D eigenvalue weighted by Crippen LogP contribution is -2.37. The molecule has 0 saturated carbocycles. The maximum Gasteiger partial charge on any atom is 0.228 e. The highest BCUT2D eigenvalue weighted by Crippen LogP contribution is 2.20. The van der Waals surface area contributed by atoms with Gasteiger partial charge in [-0.25, -0.2) is 4.98 Å². The van der Waals surface area contributed by atoms with Crippen molar-refractivity contribution >= 4 is 17.4 Å². The number of nitrogens with zero attached hydrogens (tertiary/aromatic N) is 2. The summed E-state index contributed by atoms with van der Waals surface area (Å²) in [5.41, 5.74) is 0.795. The number of amides is 1. The zero-order valence-electron chi connectivity index (χ0n) is 11.8. The molecule has 2 aliphatic rings. The number of carbonyl (C=O) groups is 1. The van der Waals surface area contributed by atoms with E-state index in [1.807, 2.05) is 12.1 Å². The molecule has 0 bridgehead atoms. The molecular weight excluding hydrogens is 252 g/mol. The molecule has 3 rings (SSSR count). The van der Waals surface area contributed by atoms with Crippen LogP contribution in [0.2, 0.25) is 0 Å². The second-order valence-corrected chi connectivity index (χ2v) is 5.63. The first-order valence-corrected chi connectivity index (χ1v) is 7.55. The molecule has 1 aromatic rings. The second-order valence-electron chi connectivity index (χ2n) is 5.63. The first-order chi connectivity index (χ1) is 9.83. The van der Waals surface area contributed by atoms with Crippen LogP contribution in [0.1, 0.15) is 25.7 Å². The van der Waals surface area contributed by atoms with Crippen molar-refractivity contribution in [3.63, 3.8) is 0 Å². The summed E-state index contributed by atoms with van der Waals surface area (Å²) in [5, 5.41) is 6.23. The van der Waals surface area contributed by atoms with Gasteiger partial charge in [0.2, 0.25) is 5.91 Å². The van der Waals surface area contributed by atoms with E-state index in [1.54, 1.807) is 6.20 Å². The fourth-order valence-corrected chi connectivity index (χ4v) is 2.91. The Morgan fingerprint density at radius 3 is 2.80 bits per heavy atom. The molecule has 0 aliphatic carbocycles. The number of aromatic nitrogens is 1. The third-order valence-corrected chi connectivity index (χ3v) is 4.11. The number of hydrogen-bond donors (Lipinski definition) is 2. The van der Waals surface area contributed by atoms with Crippen LogP contribution in [0.5, 0.6) is 0 Å². The SMILES string of the molecule is O=C(Nc1ccc(N2CCCC2)nc1)[C@H]1CCCNC1. The molecule has 20 heavy (non-hydrogen) atoms. The van der Waals surface area contributed by atoms with Gasteiger partial charge < -0.3 is 15.5 Å². The van der Waals surface area contributed by atoms with Gasteiger partial charge in [-0.1, -0.05) is 0 Å². The zero-order valence-corrected chi connectivity index (χ0v) is 11.8. The molecule has 108 valence electrons. The summed E-state index contributed by atoms with van der Waals surface area (Å²) in [7, 11) is 0. The molecule has 0 spiro atoms. The highest BCUT2D eigenvalue weighted by molar-refractivity contribution is 5.92. The van der Waals surface area contributed by atoms with Crippen LogP contribution < -0.4 is 15.5 Å². The van der Waals surface area contributed by atoms with Crippen LogP contribution in [0, 0.1) is 5.92 Å². The lowest BCUT2D eigenvalue weighted by Gasteiger charge is -2.22. The number of hydrogen-bond acceptors (Lipinski definition) is 4. The Balaban J connectivity index is 1.58. The quantitative estimate of drug-likeness (QED) is 0.879. The van der Waals surface area contributed by atoms with Gasteiger partial charge in [-0.05, 0) is 44.4 Å². The zero-order chi connectivity index (χ0) is 13.8. The summed E-state index contributed by atoms with van der Waals surface area (Å²) in [6.45, 7) is 3.99. The lowest BCUT2D eigenvalue weighted by atomic mass is 9.99. The second kappa shape index (κ2) is 6.22. The average Bonchev–Trinajstić information content (AvgIpc) is 3.03. The van der Waals surface area contributed by atoms with Gasteiger partial charge in [0.25, 0.3) is 0 Å². The molecule has 3 heterocycles. The van der Waals surface area contributed by atoms with E-state index in [0.717, 1.165) is 50.5 Å². The first-order valence-electron chi connectivity index (χ1n) is 7.55. The predicted octanol–water partition coefficient (Wildman–Crippen LogP) is 1.62. The van der Waals surface area contributed by atoms with Crippen LogP contribution in [0.25, 0.3) is 0 Å². The third kappa shape index (κ3) is 3.10. The third-order valence-electron chi connectivity index (χ3n) is 4.11. The van der Waals surface area contributed by atoms with E-state index in [1.165, 1.54) is 12.8 Å². The summed E-state index contributed by atoms with van der Waals surface area (Å²) in [6, 6.07) is 3.95. The number of anilines is 2. The van der Waals surface area contributed by atoms with Crippen LogP contribution in [-0.4, -0.2) is 37.1 Å². The van der Waals surface area contributed by atoms with Crippen molar-refractivity contribution in [1.82, 2.24) is 10.3 Å². The molecule has 2 N–H and O–H groups in total. The molecule has 5 nitrogen and oxygen atoms in total. The largest absolute Gasteiger partial charge is 0.357 e. The van der Waals surface area contributed by atoms with Crippen molar-refractivity contribution in [2.45, 2.75) is 25.7 Å². The molecule has 1 amide bonds. The molecule has 2 saturated heterocycles. The minimum atomic E-state index is 0.0852. The van der Waals surface area contributed by atoms with Gasteiger partial charge in [-0.3, -0.25) is 4.79 Å². The van der Waals surface area contributed by atoms with Gasteiger partial charge in [-0.2, -0.15) is 0 Å². The Labute approximate surface area is 119 Å². The Kier molecular flexibility index (Phi) is 4.16. The summed E-state index contributed by atoms with van der Waals surface area (Å²) in [4.78, 5) is 18.9. The van der Waals surface area contributed by atoms with E-state index in [-0.39, 0.29) is 11.8 Å². The molecular formula is C15H22N4O. The van der Waals surface area contributed by atoms with Gasteiger partial charge in [0.15, 0.2) is 0 Å². The van der Waals surface area contributed by atoms with Gasteiger partial charge in [-0.15, -0.1) is 0 Å². The maximum atomic E-state index is 12.1. The number of pyridine rings is 1. The normalized spacial score (nSPS) is 22.8. The number of piperidine rings is 1. The topological polar surface area (TPSA) is 57.3 Å². The van der Waals surface area contributed by atoms with Crippen molar-refractivity contribution in [2.75, 3.05) is 36.4 Å². The molecule has 0 aromatic carbocycles. The first kappa shape index (κ1) is 13.4. The van der Waals surface area contributed by atoms with Crippen molar-refractivity contribution in [3.8, 4) is 0 Å². The summed E-state index contributed by atoms with van der Waals surface area (Å²) in [5.74, 6) is 1.20. The molecule has 5 heteroatoms. The van der Waals surface area contributed by atoms with Crippen LogP contribution >= 0.6 is 0 Å². The van der Waals surface area contributed by atoms with Crippen LogP contribution in [0.3, 0.4) is 0 Å². The van der Waals surface area contributed by atoms with E-state index in [9.17, 15) is 4.79 Å². The molecule has 0 unspecified atom stereocenters. The maximum absolute atomic E-state index is 12.1. The number of rotatable bonds is 3.